The van der Waals surface area contributed by atoms with Gasteiger partial charge in [0, 0.05) is 6.92 Å². The van der Waals surface area contributed by atoms with Gasteiger partial charge in [-0.2, -0.15) is 0 Å². The minimum Gasteiger partial charge on any atom is -0.504 e. The Balaban J connectivity index is 0.00000163. The van der Waals surface area contributed by atoms with Crippen LogP contribution >= 0.6 is 0 Å². The monoisotopic (exact) mass is 360 g/mol. The van der Waals surface area contributed by atoms with Gasteiger partial charge < -0.3 is 20.1 Å². The summed E-state index contributed by atoms with van der Waals surface area (Å²) >= 11 is 0. The van der Waals surface area contributed by atoms with Gasteiger partial charge in [-0.15, -0.1) is 0 Å². The second kappa shape index (κ2) is 10.3. The van der Waals surface area contributed by atoms with E-state index in [9.17, 15) is 20.1 Å². The number of phenolic OH excluding ortho intramolecular Hbond substituents is 3. The van der Waals surface area contributed by atoms with E-state index in [1.165, 1.54) is 19.1 Å². The zero-order valence-corrected chi connectivity index (χ0v) is 15.8. The molecule has 0 aliphatic carbocycles. The molecule has 142 valence electrons. The first-order valence-electron chi connectivity index (χ1n) is 8.86. The molecule has 0 saturated heterocycles. The van der Waals surface area contributed by atoms with Gasteiger partial charge in [-0.3, -0.25) is 4.79 Å². The van der Waals surface area contributed by atoms with Gasteiger partial charge in [-0.05, 0) is 60.6 Å². The fourth-order valence-electron chi connectivity index (χ4n) is 2.56. The topological polar surface area (TPSA) is 87.0 Å². The fraction of sp³-hybridized carbons (Fsp3) is 0.381. The zero-order chi connectivity index (χ0) is 19.7. The van der Waals surface area contributed by atoms with Crippen LogP contribution in [0.2, 0.25) is 0 Å². The molecule has 2 aromatic carbocycles. The molecule has 1 unspecified atom stereocenters. The first-order valence-corrected chi connectivity index (χ1v) is 8.86. The Morgan fingerprint density at radius 3 is 2.19 bits per heavy atom. The Kier molecular flexibility index (Phi) is 8.49. The molecular formula is C21H28O5. The fourth-order valence-corrected chi connectivity index (χ4v) is 2.56. The Bertz CT molecular complexity index is 724. The van der Waals surface area contributed by atoms with Gasteiger partial charge in [0.2, 0.25) is 0 Å². The summed E-state index contributed by atoms with van der Waals surface area (Å²) in [5.74, 6) is -0.214. The lowest BCUT2D eigenvalue weighted by Crippen LogP contribution is -2.04. The van der Waals surface area contributed by atoms with Gasteiger partial charge in [0.05, 0.1) is 0 Å². The molecule has 0 aliphatic heterocycles. The van der Waals surface area contributed by atoms with Crippen LogP contribution in [0.4, 0.5) is 0 Å². The number of aromatic hydroxyl groups is 3. The average Bonchev–Trinajstić information content (AvgIpc) is 2.60. The lowest BCUT2D eigenvalue weighted by Gasteiger charge is -2.13. The van der Waals surface area contributed by atoms with E-state index in [2.05, 4.69) is 6.92 Å². The molecule has 0 amide bonds. The number of rotatable bonds is 6. The summed E-state index contributed by atoms with van der Waals surface area (Å²) in [4.78, 5) is 11.0. The number of hydrogen-bond acceptors (Lipinski definition) is 5. The van der Waals surface area contributed by atoms with E-state index in [0.717, 1.165) is 30.4 Å². The summed E-state index contributed by atoms with van der Waals surface area (Å²) in [7, 11) is 0. The number of benzene rings is 2. The van der Waals surface area contributed by atoms with E-state index < -0.39 is 5.97 Å². The van der Waals surface area contributed by atoms with Gasteiger partial charge in [-0.1, -0.05) is 32.9 Å². The van der Waals surface area contributed by atoms with Gasteiger partial charge in [0.25, 0.3) is 0 Å². The van der Waals surface area contributed by atoms with Crippen molar-refractivity contribution in [3.05, 3.63) is 47.5 Å². The maximum absolute atomic E-state index is 11.0. The van der Waals surface area contributed by atoms with Crippen LogP contribution in [-0.4, -0.2) is 21.3 Å². The van der Waals surface area contributed by atoms with Crippen molar-refractivity contribution in [2.75, 3.05) is 0 Å². The molecule has 5 nitrogen and oxygen atoms in total. The number of phenols is 3. The molecule has 2 aromatic rings. The molecule has 26 heavy (non-hydrogen) atoms. The summed E-state index contributed by atoms with van der Waals surface area (Å²) < 4.78 is 4.98. The normalized spacial score (nSPS) is 11.2. The number of ether oxygens (including phenoxy) is 1. The van der Waals surface area contributed by atoms with E-state index >= 15 is 0 Å². The van der Waals surface area contributed by atoms with Crippen molar-refractivity contribution >= 4 is 5.97 Å². The maximum atomic E-state index is 11.0. The highest BCUT2D eigenvalue weighted by Crippen LogP contribution is 2.29. The minimum atomic E-state index is -0.470. The summed E-state index contributed by atoms with van der Waals surface area (Å²) in [6.07, 6.45) is 2.45. The van der Waals surface area contributed by atoms with Crippen molar-refractivity contribution in [2.24, 2.45) is 5.92 Å². The molecule has 5 heteroatoms. The molecule has 3 N–H and O–H groups in total. The van der Waals surface area contributed by atoms with Crippen LogP contribution in [0.25, 0.3) is 0 Å². The molecule has 0 fully saturated rings. The van der Waals surface area contributed by atoms with E-state index in [-0.39, 0.29) is 23.0 Å². The Labute approximate surface area is 154 Å². The highest BCUT2D eigenvalue weighted by Gasteiger charge is 2.10. The van der Waals surface area contributed by atoms with Crippen LogP contribution in [0.1, 0.15) is 45.2 Å². The highest BCUT2D eigenvalue weighted by atomic mass is 16.5. The van der Waals surface area contributed by atoms with E-state index in [1.807, 2.05) is 19.9 Å². The molecule has 2 rings (SSSR count). The molecule has 0 spiro atoms. The van der Waals surface area contributed by atoms with Crippen LogP contribution in [0.15, 0.2) is 36.4 Å². The predicted octanol–water partition coefficient (Wildman–Crippen LogP) is 4.57. The first-order chi connectivity index (χ1) is 12.3. The van der Waals surface area contributed by atoms with Gasteiger partial charge in [-0.25, -0.2) is 0 Å². The SMILES string of the molecule is CC.CC(=O)Oc1cc(CC(C)CCc2ccc(O)c(O)c2)ccc1O. The van der Waals surface area contributed by atoms with Gasteiger partial charge in [0.1, 0.15) is 0 Å². The largest absolute Gasteiger partial charge is 0.504 e. The second-order valence-electron chi connectivity index (χ2n) is 6.07. The third-order valence-corrected chi connectivity index (χ3v) is 3.83. The van der Waals surface area contributed by atoms with Crippen LogP contribution in [0.3, 0.4) is 0 Å². The van der Waals surface area contributed by atoms with Crippen molar-refractivity contribution in [2.45, 2.75) is 47.0 Å². The maximum Gasteiger partial charge on any atom is 0.308 e. The minimum absolute atomic E-state index is 0.0545. The van der Waals surface area contributed by atoms with Crippen LogP contribution in [0.5, 0.6) is 23.0 Å². The Morgan fingerprint density at radius 1 is 0.962 bits per heavy atom. The molecule has 1 atom stereocenters. The summed E-state index contributed by atoms with van der Waals surface area (Å²) in [6, 6.07) is 9.87. The third kappa shape index (κ3) is 6.67. The van der Waals surface area contributed by atoms with E-state index in [1.54, 1.807) is 18.2 Å². The number of esters is 1. The summed E-state index contributed by atoms with van der Waals surface area (Å²) in [6.45, 7) is 7.40. The average molecular weight is 360 g/mol. The summed E-state index contributed by atoms with van der Waals surface area (Å²) in [5, 5.41) is 28.5. The van der Waals surface area contributed by atoms with E-state index in [4.69, 9.17) is 4.74 Å². The first kappa shape index (κ1) is 21.4. The Morgan fingerprint density at radius 2 is 1.58 bits per heavy atom. The lowest BCUT2D eigenvalue weighted by molar-refractivity contribution is -0.132. The molecule has 0 radical (unpaired) electrons. The van der Waals surface area contributed by atoms with Crippen LogP contribution < -0.4 is 4.74 Å². The number of carbonyl (C=O) groups excluding carboxylic acids is 1. The predicted molar refractivity (Wildman–Crippen MR) is 102 cm³/mol. The molecule has 0 aromatic heterocycles. The Hall–Kier alpha value is -2.69. The van der Waals surface area contributed by atoms with Crippen molar-refractivity contribution in [1.29, 1.82) is 0 Å². The lowest BCUT2D eigenvalue weighted by atomic mass is 9.94. The van der Waals surface area contributed by atoms with Gasteiger partial charge in [0.15, 0.2) is 23.0 Å². The molecule has 0 aliphatic rings. The standard InChI is InChI=1S/C19H22O5.C2H6/c1-12(3-4-14-5-7-16(21)18(23)10-14)9-15-6-8-17(22)19(11-15)24-13(2)20;1-2/h5-8,10-12,21-23H,3-4,9H2,1-2H3;1-2H3. The molecule has 0 saturated carbocycles. The quantitative estimate of drug-likeness (QED) is 0.399. The zero-order valence-electron chi connectivity index (χ0n) is 15.8. The summed E-state index contributed by atoms with van der Waals surface area (Å²) in [5.41, 5.74) is 1.94. The smallest absolute Gasteiger partial charge is 0.308 e. The van der Waals surface area contributed by atoms with Crippen LogP contribution in [0, 0.1) is 5.92 Å². The third-order valence-electron chi connectivity index (χ3n) is 3.83. The van der Waals surface area contributed by atoms with Crippen molar-refractivity contribution in [3.63, 3.8) is 0 Å². The molecule has 0 heterocycles. The van der Waals surface area contributed by atoms with Crippen molar-refractivity contribution in [1.82, 2.24) is 0 Å². The van der Waals surface area contributed by atoms with Crippen LogP contribution in [-0.2, 0) is 17.6 Å². The molecule has 0 bridgehead atoms. The number of hydrogen-bond donors (Lipinski definition) is 3. The van der Waals surface area contributed by atoms with Crippen molar-refractivity contribution < 1.29 is 24.9 Å². The molecular weight excluding hydrogens is 332 g/mol. The number of carbonyl (C=O) groups is 1. The van der Waals surface area contributed by atoms with Crippen molar-refractivity contribution in [3.8, 4) is 23.0 Å². The highest BCUT2D eigenvalue weighted by molar-refractivity contribution is 5.70. The van der Waals surface area contributed by atoms with E-state index in [0.29, 0.717) is 5.92 Å². The second-order valence-corrected chi connectivity index (χ2v) is 6.07. The number of aryl methyl sites for hydroxylation is 1. The van der Waals surface area contributed by atoms with Gasteiger partial charge >= 0.3 is 5.97 Å².